The van der Waals surface area contributed by atoms with Crippen molar-refractivity contribution in [1.29, 1.82) is 0 Å². The summed E-state index contributed by atoms with van der Waals surface area (Å²) < 4.78 is 0. The smallest absolute Gasteiger partial charge is 0.307 e. The average molecular weight is 441 g/mol. The molecular formula is C24H28N2O4S. The van der Waals surface area contributed by atoms with Gasteiger partial charge in [-0.3, -0.25) is 14.4 Å². The standard InChI is InChI=1S/C24H28N2O4S/c1-13-10-11-15(12-14(13)2)25-22(28)20-18-8-5-9-19(18)31-23(20)26-21(27)16-6-3-4-7-17(16)24(29)30/h10-12,16-17H,3-9H2,1-2H3,(H,25,28)(H,26,27)(H,29,30). The molecule has 2 atom stereocenters. The molecule has 2 aromatic rings. The van der Waals surface area contributed by atoms with E-state index in [1.807, 2.05) is 32.0 Å². The molecule has 7 heteroatoms. The van der Waals surface area contributed by atoms with Gasteiger partial charge in [-0.2, -0.15) is 0 Å². The topological polar surface area (TPSA) is 95.5 Å². The lowest BCUT2D eigenvalue weighted by Crippen LogP contribution is -2.36. The van der Waals surface area contributed by atoms with Gasteiger partial charge in [0.15, 0.2) is 0 Å². The minimum atomic E-state index is -0.916. The van der Waals surface area contributed by atoms with Crippen LogP contribution in [0.4, 0.5) is 10.7 Å². The fraction of sp³-hybridized carbons (Fsp3) is 0.458. The third kappa shape index (κ3) is 4.37. The number of amides is 2. The van der Waals surface area contributed by atoms with Crippen molar-refractivity contribution in [2.24, 2.45) is 11.8 Å². The number of fused-ring (bicyclic) bond motifs is 1. The minimum absolute atomic E-state index is 0.226. The van der Waals surface area contributed by atoms with Crippen molar-refractivity contribution in [1.82, 2.24) is 0 Å². The van der Waals surface area contributed by atoms with Gasteiger partial charge in [-0.25, -0.2) is 0 Å². The van der Waals surface area contributed by atoms with Gasteiger partial charge in [-0.1, -0.05) is 18.9 Å². The number of nitrogens with one attached hydrogen (secondary N) is 2. The normalized spacial score (nSPS) is 20.2. The van der Waals surface area contributed by atoms with Gasteiger partial charge in [0, 0.05) is 10.6 Å². The van der Waals surface area contributed by atoms with E-state index in [4.69, 9.17) is 0 Å². The third-order valence-electron chi connectivity index (χ3n) is 6.57. The van der Waals surface area contributed by atoms with Gasteiger partial charge in [0.05, 0.1) is 17.4 Å². The van der Waals surface area contributed by atoms with Crippen molar-refractivity contribution in [3.05, 3.63) is 45.3 Å². The first-order valence-corrected chi connectivity index (χ1v) is 11.7. The van der Waals surface area contributed by atoms with E-state index in [1.165, 1.54) is 11.3 Å². The fourth-order valence-corrected chi connectivity index (χ4v) is 5.98. The Morgan fingerprint density at radius 3 is 2.42 bits per heavy atom. The Labute approximate surface area is 186 Å². The second-order valence-corrected chi connectivity index (χ2v) is 9.74. The SMILES string of the molecule is Cc1ccc(NC(=O)c2c(NC(=O)C3CCCCC3C(=O)O)sc3c2CCC3)cc1C. The van der Waals surface area contributed by atoms with E-state index in [2.05, 4.69) is 10.6 Å². The molecule has 1 saturated carbocycles. The van der Waals surface area contributed by atoms with E-state index in [-0.39, 0.29) is 11.8 Å². The summed E-state index contributed by atoms with van der Waals surface area (Å²) >= 11 is 1.45. The maximum Gasteiger partial charge on any atom is 0.307 e. The fourth-order valence-electron chi connectivity index (χ4n) is 4.69. The van der Waals surface area contributed by atoms with Crippen LogP contribution in [0.5, 0.6) is 0 Å². The Hall–Kier alpha value is -2.67. The van der Waals surface area contributed by atoms with Gasteiger partial charge in [0.2, 0.25) is 5.91 Å². The van der Waals surface area contributed by atoms with Gasteiger partial charge in [-0.15, -0.1) is 11.3 Å². The van der Waals surface area contributed by atoms with Gasteiger partial charge < -0.3 is 15.7 Å². The molecule has 1 heterocycles. The van der Waals surface area contributed by atoms with Crippen LogP contribution in [0.1, 0.15) is 64.0 Å². The maximum atomic E-state index is 13.2. The molecule has 1 aromatic carbocycles. The number of carboxylic acids is 1. The molecule has 31 heavy (non-hydrogen) atoms. The Morgan fingerprint density at radius 1 is 0.968 bits per heavy atom. The number of rotatable bonds is 5. The van der Waals surface area contributed by atoms with Crippen molar-refractivity contribution in [3.63, 3.8) is 0 Å². The monoisotopic (exact) mass is 440 g/mol. The number of hydrogen-bond donors (Lipinski definition) is 3. The van der Waals surface area contributed by atoms with Gasteiger partial charge in [0.25, 0.3) is 5.91 Å². The van der Waals surface area contributed by atoms with Crippen molar-refractivity contribution in [2.45, 2.75) is 58.8 Å². The zero-order valence-electron chi connectivity index (χ0n) is 17.9. The minimum Gasteiger partial charge on any atom is -0.481 e. The number of carboxylic acid groups (broad SMARTS) is 1. The lowest BCUT2D eigenvalue weighted by atomic mass is 9.79. The molecule has 0 aliphatic heterocycles. The molecule has 6 nitrogen and oxygen atoms in total. The van der Waals surface area contributed by atoms with Crippen LogP contribution in [0.3, 0.4) is 0 Å². The summed E-state index contributed by atoms with van der Waals surface area (Å²) in [5.41, 5.74) is 4.52. The Bertz CT molecular complexity index is 1040. The molecule has 3 N–H and O–H groups in total. The molecule has 1 fully saturated rings. The highest BCUT2D eigenvalue weighted by Gasteiger charge is 2.37. The largest absolute Gasteiger partial charge is 0.481 e. The molecule has 1 aromatic heterocycles. The van der Waals surface area contributed by atoms with Crippen molar-refractivity contribution in [2.75, 3.05) is 10.6 Å². The van der Waals surface area contributed by atoms with Crippen LogP contribution < -0.4 is 10.6 Å². The lowest BCUT2D eigenvalue weighted by molar-refractivity contribution is -0.147. The molecule has 164 valence electrons. The van der Waals surface area contributed by atoms with Crippen molar-refractivity contribution < 1.29 is 19.5 Å². The zero-order chi connectivity index (χ0) is 22.1. The molecule has 0 spiro atoms. The quantitative estimate of drug-likeness (QED) is 0.614. The van der Waals surface area contributed by atoms with E-state index in [0.717, 1.165) is 59.4 Å². The molecule has 2 amide bonds. The summed E-state index contributed by atoms with van der Waals surface area (Å²) in [6, 6.07) is 5.79. The molecule has 2 unspecified atom stereocenters. The summed E-state index contributed by atoms with van der Waals surface area (Å²) in [6.07, 6.45) is 5.50. The number of thiophene rings is 1. The van der Waals surface area contributed by atoms with Crippen molar-refractivity contribution in [3.8, 4) is 0 Å². The molecule has 2 aliphatic rings. The first-order valence-electron chi connectivity index (χ1n) is 10.9. The summed E-state index contributed by atoms with van der Waals surface area (Å²) in [4.78, 5) is 39.0. The summed E-state index contributed by atoms with van der Waals surface area (Å²) in [5.74, 6) is -2.64. The number of hydrogen-bond acceptors (Lipinski definition) is 4. The van der Waals surface area contributed by atoms with Crippen LogP contribution in [-0.4, -0.2) is 22.9 Å². The van der Waals surface area contributed by atoms with E-state index < -0.39 is 17.8 Å². The number of carbonyl (C=O) groups excluding carboxylic acids is 2. The number of carbonyl (C=O) groups is 3. The summed E-state index contributed by atoms with van der Waals surface area (Å²) in [7, 11) is 0. The number of anilines is 2. The Balaban J connectivity index is 1.59. The number of aliphatic carboxylic acids is 1. The van der Waals surface area contributed by atoms with E-state index in [0.29, 0.717) is 23.4 Å². The van der Waals surface area contributed by atoms with Gasteiger partial charge in [-0.05, 0) is 74.8 Å². The highest BCUT2D eigenvalue weighted by Crippen LogP contribution is 2.40. The van der Waals surface area contributed by atoms with E-state index in [1.54, 1.807) is 0 Å². The molecule has 2 aliphatic carbocycles. The van der Waals surface area contributed by atoms with Crippen LogP contribution in [0.2, 0.25) is 0 Å². The first kappa shape index (κ1) is 21.6. The predicted octanol–water partition coefficient (Wildman–Crippen LogP) is 4.94. The molecular weight excluding hydrogens is 412 g/mol. The van der Waals surface area contributed by atoms with Crippen LogP contribution in [-0.2, 0) is 22.4 Å². The molecule has 4 rings (SSSR count). The molecule has 0 saturated heterocycles. The van der Waals surface area contributed by atoms with Gasteiger partial charge in [0.1, 0.15) is 5.00 Å². The highest BCUT2D eigenvalue weighted by atomic mass is 32.1. The highest BCUT2D eigenvalue weighted by molar-refractivity contribution is 7.17. The zero-order valence-corrected chi connectivity index (χ0v) is 18.7. The van der Waals surface area contributed by atoms with Crippen LogP contribution in [0.25, 0.3) is 0 Å². The van der Waals surface area contributed by atoms with Gasteiger partial charge >= 0.3 is 5.97 Å². The summed E-state index contributed by atoms with van der Waals surface area (Å²) in [5, 5.41) is 16.0. The van der Waals surface area contributed by atoms with Crippen molar-refractivity contribution >= 4 is 39.8 Å². The Kier molecular flexibility index (Phi) is 6.14. The van der Waals surface area contributed by atoms with E-state index in [9.17, 15) is 19.5 Å². The number of benzene rings is 1. The van der Waals surface area contributed by atoms with Crippen LogP contribution >= 0.6 is 11.3 Å². The third-order valence-corrected chi connectivity index (χ3v) is 7.78. The predicted molar refractivity (Wildman–Crippen MR) is 122 cm³/mol. The average Bonchev–Trinajstić information content (AvgIpc) is 3.31. The second-order valence-electron chi connectivity index (χ2n) is 8.64. The lowest BCUT2D eigenvalue weighted by Gasteiger charge is -2.27. The number of aryl methyl sites for hydroxylation is 3. The van der Waals surface area contributed by atoms with Crippen LogP contribution in [0, 0.1) is 25.7 Å². The van der Waals surface area contributed by atoms with E-state index >= 15 is 0 Å². The summed E-state index contributed by atoms with van der Waals surface area (Å²) in [6.45, 7) is 4.03. The molecule has 0 bridgehead atoms. The maximum absolute atomic E-state index is 13.2. The molecule has 0 radical (unpaired) electrons. The Morgan fingerprint density at radius 2 is 1.71 bits per heavy atom. The van der Waals surface area contributed by atoms with Crippen LogP contribution in [0.15, 0.2) is 18.2 Å². The first-order chi connectivity index (χ1) is 14.8. The second kappa shape index (κ2) is 8.83.